The minimum absolute atomic E-state index is 0.0500. The number of sulfonamides is 1. The van der Waals surface area contributed by atoms with Crippen molar-refractivity contribution in [1.29, 1.82) is 0 Å². The maximum Gasteiger partial charge on any atom is 0.261 e. The highest BCUT2D eigenvalue weighted by Crippen LogP contribution is 2.22. The van der Waals surface area contributed by atoms with Gasteiger partial charge in [0.25, 0.3) is 10.0 Å². The fraction of sp³-hybridized carbons (Fsp3) is 0.188. The van der Waals surface area contributed by atoms with Gasteiger partial charge in [-0.15, -0.1) is 0 Å². The summed E-state index contributed by atoms with van der Waals surface area (Å²) in [6.07, 6.45) is 0.273. The van der Waals surface area contributed by atoms with Crippen LogP contribution in [-0.4, -0.2) is 14.3 Å². The fourth-order valence-corrected chi connectivity index (χ4v) is 3.44. The largest absolute Gasteiger partial charge is 0.352 e. The van der Waals surface area contributed by atoms with Crippen molar-refractivity contribution in [2.45, 2.75) is 24.8 Å². The number of hydrogen-bond acceptors (Lipinski definition) is 3. The molecule has 2 aromatic carbocycles. The van der Waals surface area contributed by atoms with E-state index in [1.165, 1.54) is 0 Å². The van der Waals surface area contributed by atoms with Crippen molar-refractivity contribution in [3.8, 4) is 0 Å². The Bertz CT molecular complexity index is 827. The Balaban J connectivity index is 1.88. The van der Waals surface area contributed by atoms with E-state index < -0.39 is 10.0 Å². The molecule has 114 valence electrons. The topological polar surface area (TPSA) is 75.3 Å². The molecule has 6 heteroatoms. The molecular formula is C16H16N2O3S. The molecule has 0 aliphatic carbocycles. The molecule has 0 bridgehead atoms. The number of anilines is 1. The van der Waals surface area contributed by atoms with E-state index in [4.69, 9.17) is 0 Å². The van der Waals surface area contributed by atoms with Gasteiger partial charge >= 0.3 is 0 Å². The van der Waals surface area contributed by atoms with Crippen molar-refractivity contribution < 1.29 is 13.2 Å². The highest BCUT2D eigenvalue weighted by atomic mass is 32.2. The molecule has 3 rings (SSSR count). The number of nitrogens with one attached hydrogen (secondary N) is 2. The second kappa shape index (κ2) is 5.46. The van der Waals surface area contributed by atoms with E-state index in [0.29, 0.717) is 12.2 Å². The first-order valence-electron chi connectivity index (χ1n) is 6.92. The SMILES string of the molecule is Cc1ccc(S(=O)(=O)Nc2ccc3c(c2)CC(=O)NC3)cc1. The van der Waals surface area contributed by atoms with Crippen molar-refractivity contribution in [3.05, 3.63) is 59.2 Å². The molecule has 22 heavy (non-hydrogen) atoms. The zero-order chi connectivity index (χ0) is 15.7. The van der Waals surface area contributed by atoms with Crippen LogP contribution in [0.3, 0.4) is 0 Å². The van der Waals surface area contributed by atoms with E-state index in [2.05, 4.69) is 10.0 Å². The Morgan fingerprint density at radius 1 is 1.05 bits per heavy atom. The summed E-state index contributed by atoms with van der Waals surface area (Å²) in [7, 11) is -3.62. The van der Waals surface area contributed by atoms with Crippen molar-refractivity contribution >= 4 is 21.6 Å². The number of rotatable bonds is 3. The van der Waals surface area contributed by atoms with Crippen LogP contribution < -0.4 is 10.0 Å². The lowest BCUT2D eigenvalue weighted by molar-refractivity contribution is -0.121. The average Bonchev–Trinajstić information content (AvgIpc) is 2.47. The third-order valence-corrected chi connectivity index (χ3v) is 5.01. The van der Waals surface area contributed by atoms with E-state index in [0.717, 1.165) is 16.7 Å². The Morgan fingerprint density at radius 2 is 1.77 bits per heavy atom. The molecule has 0 fully saturated rings. The Morgan fingerprint density at radius 3 is 2.50 bits per heavy atom. The van der Waals surface area contributed by atoms with E-state index in [1.54, 1.807) is 36.4 Å². The van der Waals surface area contributed by atoms with Gasteiger partial charge < -0.3 is 5.32 Å². The molecule has 1 amide bonds. The number of aryl methyl sites for hydroxylation is 1. The average molecular weight is 316 g/mol. The molecule has 0 atom stereocenters. The summed E-state index contributed by atoms with van der Waals surface area (Å²) in [5.74, 6) is -0.0500. The molecule has 5 nitrogen and oxygen atoms in total. The summed E-state index contributed by atoms with van der Waals surface area (Å²) < 4.78 is 27.3. The van der Waals surface area contributed by atoms with Crippen molar-refractivity contribution in [2.75, 3.05) is 4.72 Å². The van der Waals surface area contributed by atoms with Crippen LogP contribution in [0.15, 0.2) is 47.4 Å². The predicted molar refractivity (Wildman–Crippen MR) is 84.0 cm³/mol. The quantitative estimate of drug-likeness (QED) is 0.909. The Kier molecular flexibility index (Phi) is 3.62. The van der Waals surface area contributed by atoms with Crippen LogP contribution >= 0.6 is 0 Å². The number of carbonyl (C=O) groups is 1. The summed E-state index contributed by atoms with van der Waals surface area (Å²) in [5.41, 5.74) is 3.33. The minimum Gasteiger partial charge on any atom is -0.352 e. The van der Waals surface area contributed by atoms with Crippen molar-refractivity contribution in [2.24, 2.45) is 0 Å². The van der Waals surface area contributed by atoms with E-state index in [-0.39, 0.29) is 17.2 Å². The van der Waals surface area contributed by atoms with E-state index >= 15 is 0 Å². The zero-order valence-electron chi connectivity index (χ0n) is 12.1. The van der Waals surface area contributed by atoms with Gasteiger partial charge in [0.2, 0.25) is 5.91 Å². The molecule has 0 radical (unpaired) electrons. The van der Waals surface area contributed by atoms with E-state index in [9.17, 15) is 13.2 Å². The van der Waals surface area contributed by atoms with Crippen molar-refractivity contribution in [3.63, 3.8) is 0 Å². The van der Waals surface area contributed by atoms with Gasteiger partial charge in [0.1, 0.15) is 0 Å². The van der Waals surface area contributed by atoms with Gasteiger partial charge in [-0.3, -0.25) is 9.52 Å². The molecule has 0 aromatic heterocycles. The molecule has 2 aromatic rings. The summed E-state index contributed by atoms with van der Waals surface area (Å²) in [6, 6.07) is 11.9. The molecule has 2 N–H and O–H groups in total. The Labute approximate surface area is 129 Å². The van der Waals surface area contributed by atoms with Crippen LogP contribution in [0.25, 0.3) is 0 Å². The molecule has 1 aliphatic rings. The first-order chi connectivity index (χ1) is 10.4. The van der Waals surface area contributed by atoms with Gasteiger partial charge in [-0.1, -0.05) is 23.8 Å². The normalized spacial score (nSPS) is 14.1. The fourth-order valence-electron chi connectivity index (χ4n) is 2.39. The third-order valence-electron chi connectivity index (χ3n) is 3.62. The van der Waals surface area contributed by atoms with Crippen LogP contribution in [0.1, 0.15) is 16.7 Å². The lowest BCUT2D eigenvalue weighted by Gasteiger charge is -2.18. The van der Waals surface area contributed by atoms with Crippen LogP contribution in [0.4, 0.5) is 5.69 Å². The molecular weight excluding hydrogens is 300 g/mol. The Hall–Kier alpha value is -2.34. The van der Waals surface area contributed by atoms with Gasteiger partial charge in [-0.05, 0) is 42.3 Å². The van der Waals surface area contributed by atoms with Crippen LogP contribution in [-0.2, 0) is 27.8 Å². The van der Waals surface area contributed by atoms with Crippen molar-refractivity contribution in [1.82, 2.24) is 5.32 Å². The van der Waals surface area contributed by atoms with Gasteiger partial charge in [-0.25, -0.2) is 8.42 Å². The number of amides is 1. The second-order valence-electron chi connectivity index (χ2n) is 5.36. The maximum atomic E-state index is 12.4. The van der Waals surface area contributed by atoms with Crippen LogP contribution in [0.5, 0.6) is 0 Å². The summed E-state index contributed by atoms with van der Waals surface area (Å²) in [4.78, 5) is 11.6. The summed E-state index contributed by atoms with van der Waals surface area (Å²) in [6.45, 7) is 2.39. The number of carbonyl (C=O) groups excluding carboxylic acids is 1. The molecule has 0 unspecified atom stereocenters. The highest BCUT2D eigenvalue weighted by Gasteiger charge is 2.18. The minimum atomic E-state index is -3.62. The molecule has 1 heterocycles. The number of fused-ring (bicyclic) bond motifs is 1. The standard InChI is InChI=1S/C16H16N2O3S/c1-11-2-6-15(7-3-11)22(20,21)18-14-5-4-12-10-17-16(19)9-13(12)8-14/h2-8,18H,9-10H2,1H3,(H,17,19). The zero-order valence-corrected chi connectivity index (χ0v) is 12.9. The number of benzene rings is 2. The molecule has 0 saturated heterocycles. The molecule has 0 saturated carbocycles. The first kappa shape index (κ1) is 14.6. The van der Waals surface area contributed by atoms with E-state index in [1.807, 2.05) is 13.0 Å². The predicted octanol–water partition coefficient (Wildman–Crippen LogP) is 1.97. The van der Waals surface area contributed by atoms with Crippen LogP contribution in [0.2, 0.25) is 0 Å². The van der Waals surface area contributed by atoms with Crippen LogP contribution in [0, 0.1) is 6.92 Å². The molecule has 0 spiro atoms. The second-order valence-corrected chi connectivity index (χ2v) is 7.04. The number of hydrogen-bond donors (Lipinski definition) is 2. The molecule has 1 aliphatic heterocycles. The smallest absolute Gasteiger partial charge is 0.261 e. The van der Waals surface area contributed by atoms with Gasteiger partial charge in [0, 0.05) is 12.2 Å². The highest BCUT2D eigenvalue weighted by molar-refractivity contribution is 7.92. The lowest BCUT2D eigenvalue weighted by Crippen LogP contribution is -2.30. The van der Waals surface area contributed by atoms with Gasteiger partial charge in [-0.2, -0.15) is 0 Å². The lowest BCUT2D eigenvalue weighted by atomic mass is 10.0. The monoisotopic (exact) mass is 316 g/mol. The third kappa shape index (κ3) is 2.96. The maximum absolute atomic E-state index is 12.4. The van der Waals surface area contributed by atoms with Gasteiger partial charge in [0.15, 0.2) is 0 Å². The first-order valence-corrected chi connectivity index (χ1v) is 8.40. The summed E-state index contributed by atoms with van der Waals surface area (Å²) in [5, 5.41) is 2.76. The van der Waals surface area contributed by atoms with Gasteiger partial charge in [0.05, 0.1) is 11.3 Å². The summed E-state index contributed by atoms with van der Waals surface area (Å²) >= 11 is 0.